The number of likely N-dealkylation sites (N-methyl/N-ethyl adjacent to an activating group) is 1. The largest absolute Gasteiger partial charge is 0.480 e. The summed E-state index contributed by atoms with van der Waals surface area (Å²) >= 11 is 0. The molecule has 2 rings (SSSR count). The molecule has 21 heavy (non-hydrogen) atoms. The summed E-state index contributed by atoms with van der Waals surface area (Å²) in [5.74, 6) is -0.884. The lowest BCUT2D eigenvalue weighted by Gasteiger charge is -2.37. The molecule has 2 fully saturated rings. The molecule has 7 nitrogen and oxygen atoms in total. The Bertz CT molecular complexity index is 380. The van der Waals surface area contributed by atoms with Crippen LogP contribution in [0.2, 0.25) is 0 Å². The molecule has 2 aliphatic heterocycles. The van der Waals surface area contributed by atoms with Crippen molar-refractivity contribution in [1.82, 2.24) is 19.6 Å². The van der Waals surface area contributed by atoms with E-state index in [4.69, 9.17) is 5.11 Å². The number of urea groups is 1. The minimum Gasteiger partial charge on any atom is -0.480 e. The average molecular weight is 298 g/mol. The Kier molecular flexibility index (Phi) is 5.41. The SMILES string of the molecule is CN(C)CCN1CCN(C(=O)N2CCCC2C(=O)O)CC1. The van der Waals surface area contributed by atoms with Crippen LogP contribution in [0, 0.1) is 0 Å². The molecular weight excluding hydrogens is 272 g/mol. The van der Waals surface area contributed by atoms with Crippen LogP contribution in [0.15, 0.2) is 0 Å². The molecule has 2 amide bonds. The summed E-state index contributed by atoms with van der Waals surface area (Å²) in [6, 6.07) is -0.739. The highest BCUT2D eigenvalue weighted by Gasteiger charge is 2.36. The van der Waals surface area contributed by atoms with Gasteiger partial charge in [0.15, 0.2) is 0 Å². The molecule has 1 unspecified atom stereocenters. The molecule has 1 atom stereocenters. The molecule has 120 valence electrons. The lowest BCUT2D eigenvalue weighted by atomic mass is 10.2. The molecule has 2 saturated heterocycles. The molecule has 0 aromatic rings. The minimum absolute atomic E-state index is 0.104. The van der Waals surface area contributed by atoms with Gasteiger partial charge in [0.25, 0.3) is 0 Å². The van der Waals surface area contributed by atoms with Gasteiger partial charge >= 0.3 is 12.0 Å². The monoisotopic (exact) mass is 298 g/mol. The first-order valence-electron chi connectivity index (χ1n) is 7.64. The van der Waals surface area contributed by atoms with E-state index in [1.54, 1.807) is 4.90 Å². The zero-order chi connectivity index (χ0) is 15.4. The van der Waals surface area contributed by atoms with Crippen molar-refractivity contribution in [1.29, 1.82) is 0 Å². The summed E-state index contributed by atoms with van der Waals surface area (Å²) in [5.41, 5.74) is 0. The van der Waals surface area contributed by atoms with E-state index in [0.29, 0.717) is 26.1 Å². The normalized spacial score (nSPS) is 23.9. The second kappa shape index (κ2) is 7.09. The molecule has 2 heterocycles. The van der Waals surface area contributed by atoms with Gasteiger partial charge in [-0.3, -0.25) is 4.90 Å². The third-order valence-electron chi connectivity index (χ3n) is 4.29. The summed E-state index contributed by atoms with van der Waals surface area (Å²) < 4.78 is 0. The van der Waals surface area contributed by atoms with E-state index in [9.17, 15) is 9.59 Å². The molecule has 1 N–H and O–H groups in total. The predicted octanol–water partition coefficient (Wildman–Crippen LogP) is -0.165. The maximum Gasteiger partial charge on any atom is 0.326 e. The van der Waals surface area contributed by atoms with Gasteiger partial charge in [-0.05, 0) is 26.9 Å². The molecule has 0 aromatic carbocycles. The lowest BCUT2D eigenvalue weighted by molar-refractivity contribution is -0.141. The van der Waals surface area contributed by atoms with E-state index < -0.39 is 12.0 Å². The third kappa shape index (κ3) is 4.07. The van der Waals surface area contributed by atoms with Crippen LogP contribution in [-0.2, 0) is 4.79 Å². The number of amides is 2. The van der Waals surface area contributed by atoms with Gasteiger partial charge in [-0.15, -0.1) is 0 Å². The smallest absolute Gasteiger partial charge is 0.326 e. The van der Waals surface area contributed by atoms with Gasteiger partial charge in [-0.25, -0.2) is 9.59 Å². The van der Waals surface area contributed by atoms with Crippen molar-refractivity contribution in [2.45, 2.75) is 18.9 Å². The van der Waals surface area contributed by atoms with Crippen LogP contribution in [0.25, 0.3) is 0 Å². The third-order valence-corrected chi connectivity index (χ3v) is 4.29. The van der Waals surface area contributed by atoms with Crippen molar-refractivity contribution in [3.8, 4) is 0 Å². The van der Waals surface area contributed by atoms with Crippen molar-refractivity contribution < 1.29 is 14.7 Å². The number of piperazine rings is 1. The highest BCUT2D eigenvalue weighted by atomic mass is 16.4. The average Bonchev–Trinajstić information content (AvgIpc) is 2.94. The van der Waals surface area contributed by atoms with Crippen LogP contribution >= 0.6 is 0 Å². The molecule has 0 radical (unpaired) electrons. The highest BCUT2D eigenvalue weighted by molar-refractivity contribution is 5.83. The summed E-state index contributed by atoms with van der Waals surface area (Å²) in [6.45, 7) is 5.70. The number of rotatable bonds is 4. The van der Waals surface area contributed by atoms with E-state index in [0.717, 1.165) is 32.6 Å². The Labute approximate surface area is 126 Å². The van der Waals surface area contributed by atoms with Gasteiger partial charge < -0.3 is 19.8 Å². The van der Waals surface area contributed by atoms with Crippen molar-refractivity contribution in [3.05, 3.63) is 0 Å². The van der Waals surface area contributed by atoms with Crippen LogP contribution in [0.5, 0.6) is 0 Å². The fourth-order valence-corrected chi connectivity index (χ4v) is 2.94. The second-order valence-corrected chi connectivity index (χ2v) is 6.10. The van der Waals surface area contributed by atoms with Crippen molar-refractivity contribution in [2.24, 2.45) is 0 Å². The highest BCUT2D eigenvalue weighted by Crippen LogP contribution is 2.20. The Morgan fingerprint density at radius 3 is 2.38 bits per heavy atom. The van der Waals surface area contributed by atoms with Gasteiger partial charge in [-0.2, -0.15) is 0 Å². The van der Waals surface area contributed by atoms with Crippen molar-refractivity contribution in [2.75, 3.05) is 59.9 Å². The quantitative estimate of drug-likeness (QED) is 0.781. The molecule has 7 heteroatoms. The number of hydrogen-bond acceptors (Lipinski definition) is 4. The minimum atomic E-state index is -0.884. The van der Waals surface area contributed by atoms with Crippen LogP contribution in [0.3, 0.4) is 0 Å². The number of aliphatic carboxylic acids is 1. The number of carbonyl (C=O) groups excluding carboxylic acids is 1. The molecular formula is C14H26N4O3. The van der Waals surface area contributed by atoms with Crippen LogP contribution in [0.4, 0.5) is 4.79 Å². The predicted molar refractivity (Wildman–Crippen MR) is 79.3 cm³/mol. The van der Waals surface area contributed by atoms with E-state index >= 15 is 0 Å². The van der Waals surface area contributed by atoms with Crippen LogP contribution in [0.1, 0.15) is 12.8 Å². The van der Waals surface area contributed by atoms with Gasteiger partial charge in [0, 0.05) is 45.8 Å². The number of nitrogens with zero attached hydrogens (tertiary/aromatic N) is 4. The molecule has 0 bridgehead atoms. The Morgan fingerprint density at radius 2 is 1.81 bits per heavy atom. The fourth-order valence-electron chi connectivity index (χ4n) is 2.94. The zero-order valence-corrected chi connectivity index (χ0v) is 13.0. The first-order chi connectivity index (χ1) is 9.99. The molecule has 0 saturated carbocycles. The standard InChI is InChI=1S/C14H26N4O3/c1-15(2)6-7-16-8-10-17(11-9-16)14(21)18-5-3-4-12(18)13(19)20/h12H,3-11H2,1-2H3,(H,19,20). The number of carbonyl (C=O) groups is 2. The van der Waals surface area contributed by atoms with Gasteiger partial charge in [0.1, 0.15) is 6.04 Å². The lowest BCUT2D eigenvalue weighted by Crippen LogP contribution is -2.55. The first-order valence-corrected chi connectivity index (χ1v) is 7.64. The molecule has 0 aliphatic carbocycles. The van der Waals surface area contributed by atoms with E-state index in [1.165, 1.54) is 4.90 Å². The van der Waals surface area contributed by atoms with Gasteiger partial charge in [0.05, 0.1) is 0 Å². The fraction of sp³-hybridized carbons (Fsp3) is 0.857. The Morgan fingerprint density at radius 1 is 1.14 bits per heavy atom. The zero-order valence-electron chi connectivity index (χ0n) is 13.0. The van der Waals surface area contributed by atoms with E-state index in [-0.39, 0.29) is 6.03 Å². The summed E-state index contributed by atoms with van der Waals surface area (Å²) in [4.78, 5) is 31.5. The van der Waals surface area contributed by atoms with Crippen LogP contribution < -0.4 is 0 Å². The molecule has 2 aliphatic rings. The number of likely N-dealkylation sites (tertiary alicyclic amines) is 1. The van der Waals surface area contributed by atoms with E-state index in [1.807, 2.05) is 0 Å². The van der Waals surface area contributed by atoms with Gasteiger partial charge in [-0.1, -0.05) is 0 Å². The van der Waals surface area contributed by atoms with Crippen molar-refractivity contribution in [3.63, 3.8) is 0 Å². The van der Waals surface area contributed by atoms with Crippen molar-refractivity contribution >= 4 is 12.0 Å². The number of carboxylic acids is 1. The summed E-state index contributed by atoms with van der Waals surface area (Å²) in [7, 11) is 4.11. The van der Waals surface area contributed by atoms with Crippen LogP contribution in [-0.4, -0.2) is 103 Å². The van der Waals surface area contributed by atoms with E-state index in [2.05, 4.69) is 23.9 Å². The molecule has 0 spiro atoms. The summed E-state index contributed by atoms with van der Waals surface area (Å²) in [6.07, 6.45) is 1.36. The Hall–Kier alpha value is -1.34. The second-order valence-electron chi connectivity index (χ2n) is 6.10. The first kappa shape index (κ1) is 16.0. The maximum absolute atomic E-state index is 12.4. The van der Waals surface area contributed by atoms with Gasteiger partial charge in [0.2, 0.25) is 0 Å². The maximum atomic E-state index is 12.4. The topological polar surface area (TPSA) is 67.3 Å². The summed E-state index contributed by atoms with van der Waals surface area (Å²) in [5, 5.41) is 9.17. The number of carboxylic acid groups (broad SMARTS) is 1. The molecule has 0 aromatic heterocycles. The number of hydrogen-bond donors (Lipinski definition) is 1. The Balaban J connectivity index is 1.81.